The average Bonchev–Trinajstić information content (AvgIpc) is 2.91. The smallest absolute Gasteiger partial charge is 0.315 e. The summed E-state index contributed by atoms with van der Waals surface area (Å²) in [5.74, 6) is -0.898. The van der Waals surface area contributed by atoms with E-state index in [-0.39, 0.29) is 25.7 Å². The summed E-state index contributed by atoms with van der Waals surface area (Å²) in [6.07, 6.45) is 0.145. The standard InChI is InChI=1S/C16H22N2O5/c19-14-10-23-9-13(14)18-16(22)17-12(6-7-15(20)21)8-11-4-2-1-3-5-11/h1-5,12-14,19H,6-10H2,(H,20,21)(H2,17,18,22)/t12?,13-,14-/m1/s1. The Balaban J connectivity index is 1.90. The summed E-state index contributed by atoms with van der Waals surface area (Å²) in [4.78, 5) is 22.8. The van der Waals surface area contributed by atoms with Gasteiger partial charge in [-0.1, -0.05) is 30.3 Å². The van der Waals surface area contributed by atoms with Gasteiger partial charge in [0.25, 0.3) is 0 Å². The van der Waals surface area contributed by atoms with E-state index in [0.29, 0.717) is 12.8 Å². The van der Waals surface area contributed by atoms with Gasteiger partial charge in [0.05, 0.1) is 25.4 Å². The average molecular weight is 322 g/mol. The molecule has 0 aromatic heterocycles. The van der Waals surface area contributed by atoms with Crippen LogP contribution in [0.15, 0.2) is 30.3 Å². The first-order chi connectivity index (χ1) is 11.0. The van der Waals surface area contributed by atoms with Gasteiger partial charge in [-0.15, -0.1) is 0 Å². The number of carboxylic acids is 1. The molecule has 1 fully saturated rings. The van der Waals surface area contributed by atoms with Crippen LogP contribution in [0, 0.1) is 0 Å². The maximum atomic E-state index is 12.1. The predicted octanol–water partition coefficient (Wildman–Crippen LogP) is 0.521. The van der Waals surface area contributed by atoms with E-state index in [1.807, 2.05) is 30.3 Å². The highest BCUT2D eigenvalue weighted by atomic mass is 16.5. The highest BCUT2D eigenvalue weighted by Gasteiger charge is 2.28. The number of ether oxygens (including phenoxy) is 1. The zero-order valence-corrected chi connectivity index (χ0v) is 12.8. The number of rotatable bonds is 7. The number of urea groups is 1. The molecule has 0 aliphatic carbocycles. The molecule has 23 heavy (non-hydrogen) atoms. The molecule has 1 aromatic rings. The normalized spacial score (nSPS) is 21.6. The second kappa shape index (κ2) is 8.50. The first-order valence-electron chi connectivity index (χ1n) is 7.63. The van der Waals surface area contributed by atoms with Crippen molar-refractivity contribution < 1.29 is 24.5 Å². The molecule has 2 amide bonds. The van der Waals surface area contributed by atoms with Crippen molar-refractivity contribution in [3.05, 3.63) is 35.9 Å². The lowest BCUT2D eigenvalue weighted by molar-refractivity contribution is -0.137. The van der Waals surface area contributed by atoms with Crippen LogP contribution in [0.2, 0.25) is 0 Å². The molecule has 1 unspecified atom stereocenters. The molecule has 0 spiro atoms. The molecule has 0 bridgehead atoms. The summed E-state index contributed by atoms with van der Waals surface area (Å²) in [5, 5.41) is 23.9. The second-order valence-electron chi connectivity index (χ2n) is 5.65. The van der Waals surface area contributed by atoms with Crippen molar-refractivity contribution in [2.45, 2.75) is 37.5 Å². The number of benzene rings is 1. The first-order valence-corrected chi connectivity index (χ1v) is 7.63. The summed E-state index contributed by atoms with van der Waals surface area (Å²) in [5.41, 5.74) is 1.02. The number of aliphatic carboxylic acids is 1. The van der Waals surface area contributed by atoms with Crippen molar-refractivity contribution in [1.29, 1.82) is 0 Å². The Bertz CT molecular complexity index is 522. The van der Waals surface area contributed by atoms with E-state index in [1.54, 1.807) is 0 Å². The lowest BCUT2D eigenvalue weighted by atomic mass is 10.0. The number of carbonyl (C=O) groups is 2. The highest BCUT2D eigenvalue weighted by molar-refractivity contribution is 5.75. The van der Waals surface area contributed by atoms with Crippen LogP contribution in [0.25, 0.3) is 0 Å². The molecule has 0 radical (unpaired) electrons. The Kier molecular flexibility index (Phi) is 6.37. The molecule has 1 aromatic carbocycles. The Morgan fingerprint density at radius 2 is 2.00 bits per heavy atom. The molecule has 0 saturated carbocycles. The van der Waals surface area contributed by atoms with Crippen LogP contribution in [-0.4, -0.2) is 53.6 Å². The van der Waals surface area contributed by atoms with Gasteiger partial charge in [-0.25, -0.2) is 4.79 Å². The minimum atomic E-state index is -0.898. The molecule has 7 heteroatoms. The van der Waals surface area contributed by atoms with Crippen LogP contribution in [0.3, 0.4) is 0 Å². The van der Waals surface area contributed by atoms with Gasteiger partial charge in [0.1, 0.15) is 0 Å². The van der Waals surface area contributed by atoms with Gasteiger partial charge in [-0.05, 0) is 18.4 Å². The maximum Gasteiger partial charge on any atom is 0.315 e. The molecule has 1 aliphatic heterocycles. The van der Waals surface area contributed by atoms with Crippen LogP contribution < -0.4 is 10.6 Å². The number of nitrogens with one attached hydrogen (secondary N) is 2. The molecule has 1 aliphatic rings. The molecule has 2 rings (SSSR count). The fraction of sp³-hybridized carbons (Fsp3) is 0.500. The number of amides is 2. The number of hydrogen-bond donors (Lipinski definition) is 4. The molecule has 126 valence electrons. The third-order valence-corrected chi connectivity index (χ3v) is 3.73. The fourth-order valence-electron chi connectivity index (χ4n) is 2.50. The molecular weight excluding hydrogens is 300 g/mol. The van der Waals surface area contributed by atoms with E-state index in [9.17, 15) is 14.7 Å². The molecule has 7 nitrogen and oxygen atoms in total. The van der Waals surface area contributed by atoms with Crippen LogP contribution in [0.1, 0.15) is 18.4 Å². The third-order valence-electron chi connectivity index (χ3n) is 3.73. The van der Waals surface area contributed by atoms with Crippen LogP contribution in [0.5, 0.6) is 0 Å². The van der Waals surface area contributed by atoms with Crippen LogP contribution in [0.4, 0.5) is 4.79 Å². The van der Waals surface area contributed by atoms with E-state index >= 15 is 0 Å². The maximum absolute atomic E-state index is 12.1. The Morgan fingerprint density at radius 1 is 1.26 bits per heavy atom. The van der Waals surface area contributed by atoms with Gasteiger partial charge in [0, 0.05) is 12.5 Å². The summed E-state index contributed by atoms with van der Waals surface area (Å²) in [6, 6.07) is 8.40. The van der Waals surface area contributed by atoms with Crippen LogP contribution >= 0.6 is 0 Å². The number of aliphatic hydroxyl groups excluding tert-OH is 1. The minimum Gasteiger partial charge on any atom is -0.481 e. The van der Waals surface area contributed by atoms with Gasteiger partial charge >= 0.3 is 12.0 Å². The molecule has 4 N–H and O–H groups in total. The SMILES string of the molecule is O=C(O)CCC(Cc1ccccc1)NC(=O)N[C@@H]1COC[C@H]1O. The van der Waals surface area contributed by atoms with Crippen LogP contribution in [-0.2, 0) is 16.0 Å². The summed E-state index contributed by atoms with van der Waals surface area (Å²) >= 11 is 0. The van der Waals surface area contributed by atoms with Gasteiger partial charge in [-0.3, -0.25) is 4.79 Å². The van der Waals surface area contributed by atoms with E-state index < -0.39 is 24.1 Å². The van der Waals surface area contributed by atoms with E-state index in [4.69, 9.17) is 9.84 Å². The van der Waals surface area contributed by atoms with E-state index in [1.165, 1.54) is 0 Å². The van der Waals surface area contributed by atoms with Crippen molar-refractivity contribution in [3.63, 3.8) is 0 Å². The zero-order valence-electron chi connectivity index (χ0n) is 12.8. The largest absolute Gasteiger partial charge is 0.481 e. The zero-order chi connectivity index (χ0) is 16.7. The van der Waals surface area contributed by atoms with Crippen molar-refractivity contribution in [2.24, 2.45) is 0 Å². The number of hydrogen-bond acceptors (Lipinski definition) is 4. The summed E-state index contributed by atoms with van der Waals surface area (Å²) in [6.45, 7) is 0.477. The van der Waals surface area contributed by atoms with Crippen molar-refractivity contribution in [3.8, 4) is 0 Å². The molecular formula is C16H22N2O5. The fourth-order valence-corrected chi connectivity index (χ4v) is 2.50. The predicted molar refractivity (Wildman–Crippen MR) is 83.1 cm³/mol. The lowest BCUT2D eigenvalue weighted by Crippen LogP contribution is -2.50. The molecule has 1 saturated heterocycles. The van der Waals surface area contributed by atoms with Crippen molar-refractivity contribution >= 4 is 12.0 Å². The van der Waals surface area contributed by atoms with Gasteiger partial charge < -0.3 is 25.6 Å². The Hall–Kier alpha value is -2.12. The van der Waals surface area contributed by atoms with E-state index in [2.05, 4.69) is 10.6 Å². The van der Waals surface area contributed by atoms with Gasteiger partial charge in [-0.2, -0.15) is 0 Å². The van der Waals surface area contributed by atoms with Crippen molar-refractivity contribution in [2.75, 3.05) is 13.2 Å². The van der Waals surface area contributed by atoms with E-state index in [0.717, 1.165) is 5.56 Å². The lowest BCUT2D eigenvalue weighted by Gasteiger charge is -2.21. The molecule has 3 atom stereocenters. The summed E-state index contributed by atoms with van der Waals surface area (Å²) in [7, 11) is 0. The quantitative estimate of drug-likeness (QED) is 0.585. The monoisotopic (exact) mass is 322 g/mol. The third kappa shape index (κ3) is 5.88. The number of carboxylic acid groups (broad SMARTS) is 1. The number of carbonyl (C=O) groups excluding carboxylic acids is 1. The second-order valence-corrected chi connectivity index (χ2v) is 5.65. The van der Waals surface area contributed by atoms with Gasteiger partial charge in [0.15, 0.2) is 0 Å². The minimum absolute atomic E-state index is 0.0209. The first kappa shape index (κ1) is 17.2. The van der Waals surface area contributed by atoms with Gasteiger partial charge in [0.2, 0.25) is 0 Å². The molecule has 1 heterocycles. The topological polar surface area (TPSA) is 108 Å². The Labute approximate surface area is 134 Å². The number of aliphatic hydroxyl groups is 1. The Morgan fingerprint density at radius 3 is 2.61 bits per heavy atom. The summed E-state index contributed by atoms with van der Waals surface area (Å²) < 4.78 is 5.08. The van der Waals surface area contributed by atoms with Crippen molar-refractivity contribution in [1.82, 2.24) is 10.6 Å². The highest BCUT2D eigenvalue weighted by Crippen LogP contribution is 2.09.